The SMILES string of the molecule is Cc1cc(O)c(Cl)c2c1[C@@H]1O[C@@](C)(Cc3cc4c(c(O)c31)C(=O)c1c(O)c(Cl)c(O)c(Cl)c1C4(C)C)O2. The molecule has 2 bridgehead atoms. The molecular weight excluding hydrogens is 543 g/mol. The lowest BCUT2D eigenvalue weighted by Gasteiger charge is -2.47. The van der Waals surface area contributed by atoms with Gasteiger partial charge in [0, 0.05) is 29.9 Å². The van der Waals surface area contributed by atoms with Gasteiger partial charge in [0.05, 0.1) is 16.1 Å². The Bertz CT molecular complexity index is 1610. The fourth-order valence-electron chi connectivity index (χ4n) is 5.99. The molecule has 37 heavy (non-hydrogen) atoms. The summed E-state index contributed by atoms with van der Waals surface area (Å²) >= 11 is 18.9. The molecule has 2 heterocycles. The van der Waals surface area contributed by atoms with Gasteiger partial charge >= 0.3 is 0 Å². The van der Waals surface area contributed by atoms with Crippen molar-refractivity contribution in [1.29, 1.82) is 0 Å². The number of hydrogen-bond acceptors (Lipinski definition) is 7. The predicted molar refractivity (Wildman–Crippen MR) is 137 cm³/mol. The Hall–Kier alpha value is -2.84. The number of aromatic hydroxyl groups is 4. The zero-order valence-corrected chi connectivity index (χ0v) is 22.4. The van der Waals surface area contributed by atoms with Crippen molar-refractivity contribution in [1.82, 2.24) is 0 Å². The van der Waals surface area contributed by atoms with Gasteiger partial charge in [0.1, 0.15) is 33.4 Å². The number of rotatable bonds is 0. The molecule has 1 aliphatic carbocycles. The van der Waals surface area contributed by atoms with E-state index in [0.29, 0.717) is 27.8 Å². The van der Waals surface area contributed by atoms with Crippen molar-refractivity contribution < 1.29 is 34.7 Å². The van der Waals surface area contributed by atoms with E-state index < -0.39 is 39.6 Å². The van der Waals surface area contributed by atoms with Crippen LogP contribution in [0.1, 0.15) is 76.2 Å². The largest absolute Gasteiger partial charge is 0.507 e. The highest BCUT2D eigenvalue weighted by Crippen LogP contribution is 2.59. The topological polar surface area (TPSA) is 116 Å². The van der Waals surface area contributed by atoms with Crippen molar-refractivity contribution in [3.8, 4) is 28.7 Å². The van der Waals surface area contributed by atoms with Crippen molar-refractivity contribution in [2.45, 2.75) is 51.4 Å². The number of benzene rings is 3. The number of aryl methyl sites for hydroxylation is 1. The van der Waals surface area contributed by atoms with Crippen LogP contribution in [0.2, 0.25) is 15.1 Å². The van der Waals surface area contributed by atoms with E-state index in [4.69, 9.17) is 44.3 Å². The summed E-state index contributed by atoms with van der Waals surface area (Å²) in [6.45, 7) is 7.05. The van der Waals surface area contributed by atoms with E-state index in [-0.39, 0.29) is 50.4 Å². The summed E-state index contributed by atoms with van der Waals surface area (Å²) in [7, 11) is 0. The molecule has 0 radical (unpaired) electrons. The summed E-state index contributed by atoms with van der Waals surface area (Å²) in [6, 6.07) is 3.29. The molecule has 10 heteroatoms. The van der Waals surface area contributed by atoms with E-state index in [2.05, 4.69) is 0 Å². The van der Waals surface area contributed by atoms with Gasteiger partial charge < -0.3 is 29.9 Å². The van der Waals surface area contributed by atoms with Crippen LogP contribution in [0.15, 0.2) is 12.1 Å². The Morgan fingerprint density at radius 1 is 0.892 bits per heavy atom. The lowest BCUT2D eigenvalue weighted by Crippen LogP contribution is -2.47. The highest BCUT2D eigenvalue weighted by Gasteiger charge is 2.51. The average molecular weight is 564 g/mol. The Morgan fingerprint density at radius 2 is 1.57 bits per heavy atom. The summed E-state index contributed by atoms with van der Waals surface area (Å²) in [5.41, 5.74) is 1.67. The van der Waals surface area contributed by atoms with Crippen LogP contribution in [0.3, 0.4) is 0 Å². The molecule has 0 amide bonds. The molecule has 2 aliphatic heterocycles. The highest BCUT2D eigenvalue weighted by atomic mass is 35.5. The smallest absolute Gasteiger partial charge is 0.212 e. The second-order valence-corrected chi connectivity index (χ2v) is 11.6. The molecule has 6 rings (SSSR count). The first-order chi connectivity index (χ1) is 17.2. The van der Waals surface area contributed by atoms with E-state index in [9.17, 15) is 25.2 Å². The second kappa shape index (κ2) is 7.38. The molecule has 3 aliphatic rings. The van der Waals surface area contributed by atoms with Crippen LogP contribution in [0.5, 0.6) is 28.7 Å². The van der Waals surface area contributed by atoms with Crippen LogP contribution in [-0.4, -0.2) is 32.0 Å². The van der Waals surface area contributed by atoms with Gasteiger partial charge in [0.15, 0.2) is 11.5 Å². The summed E-state index contributed by atoms with van der Waals surface area (Å²) in [5, 5.41) is 42.6. The molecule has 0 spiro atoms. The molecule has 0 unspecified atom stereocenters. The van der Waals surface area contributed by atoms with Gasteiger partial charge in [-0.2, -0.15) is 0 Å². The van der Waals surface area contributed by atoms with E-state index in [1.165, 1.54) is 6.07 Å². The number of ketones is 1. The van der Waals surface area contributed by atoms with Gasteiger partial charge in [-0.1, -0.05) is 54.7 Å². The van der Waals surface area contributed by atoms with E-state index in [1.807, 2.05) is 6.07 Å². The fraction of sp³-hybridized carbons (Fsp3) is 0.296. The number of fused-ring (bicyclic) bond motifs is 8. The van der Waals surface area contributed by atoms with Gasteiger partial charge in [-0.05, 0) is 35.2 Å². The lowest BCUT2D eigenvalue weighted by atomic mass is 9.66. The molecule has 3 aromatic rings. The van der Waals surface area contributed by atoms with Crippen LogP contribution >= 0.6 is 34.8 Å². The van der Waals surface area contributed by atoms with Crippen LogP contribution < -0.4 is 4.74 Å². The number of carbonyl (C=O) groups is 1. The first-order valence-corrected chi connectivity index (χ1v) is 12.6. The maximum atomic E-state index is 13.8. The van der Waals surface area contributed by atoms with Crippen LogP contribution in [0.25, 0.3) is 0 Å². The quantitative estimate of drug-likeness (QED) is 0.249. The van der Waals surface area contributed by atoms with Gasteiger partial charge in [-0.15, -0.1) is 0 Å². The summed E-state index contributed by atoms with van der Waals surface area (Å²) in [6.07, 6.45) is -0.648. The zero-order valence-electron chi connectivity index (χ0n) is 20.1. The Kier molecular flexibility index (Phi) is 4.89. The Morgan fingerprint density at radius 3 is 2.24 bits per heavy atom. The summed E-state index contributed by atoms with van der Waals surface area (Å²) in [5.74, 6) is -3.19. The van der Waals surface area contributed by atoms with Crippen LogP contribution in [0, 0.1) is 6.92 Å². The molecule has 0 fully saturated rings. The third-order valence-electron chi connectivity index (χ3n) is 7.68. The summed E-state index contributed by atoms with van der Waals surface area (Å²) in [4.78, 5) is 13.8. The number of phenols is 4. The first kappa shape index (κ1) is 24.5. The van der Waals surface area contributed by atoms with Crippen LogP contribution in [-0.2, 0) is 16.6 Å². The normalized spacial score (nSPS) is 22.5. The fourth-order valence-corrected chi connectivity index (χ4v) is 6.85. The number of phenolic OH excluding ortho intramolecular Hbond substituents is 4. The number of carbonyl (C=O) groups excluding carboxylic acids is 1. The van der Waals surface area contributed by atoms with Crippen molar-refractivity contribution >= 4 is 40.6 Å². The van der Waals surface area contributed by atoms with Crippen LogP contribution in [0.4, 0.5) is 0 Å². The lowest BCUT2D eigenvalue weighted by molar-refractivity contribution is -0.216. The molecule has 192 valence electrons. The third-order valence-corrected chi connectivity index (χ3v) is 8.77. The van der Waals surface area contributed by atoms with Crippen molar-refractivity contribution in [2.24, 2.45) is 0 Å². The number of halogens is 3. The minimum Gasteiger partial charge on any atom is -0.507 e. The highest BCUT2D eigenvalue weighted by molar-refractivity contribution is 6.40. The second-order valence-electron chi connectivity index (χ2n) is 10.4. The number of hydrogen-bond donors (Lipinski definition) is 4. The molecule has 2 atom stereocenters. The molecule has 4 N–H and O–H groups in total. The average Bonchev–Trinajstić information content (AvgIpc) is 2.80. The third kappa shape index (κ3) is 2.97. The van der Waals surface area contributed by atoms with Gasteiger partial charge in [0.25, 0.3) is 0 Å². The molecule has 0 saturated carbocycles. The van der Waals surface area contributed by atoms with Crippen molar-refractivity contribution in [2.75, 3.05) is 0 Å². The van der Waals surface area contributed by atoms with Crippen molar-refractivity contribution in [3.63, 3.8) is 0 Å². The Balaban J connectivity index is 1.68. The van der Waals surface area contributed by atoms with Crippen molar-refractivity contribution in [3.05, 3.63) is 71.7 Å². The maximum absolute atomic E-state index is 13.8. The molecule has 0 saturated heterocycles. The van der Waals surface area contributed by atoms with E-state index in [0.717, 1.165) is 0 Å². The minimum absolute atomic E-state index is 0.0212. The van der Waals surface area contributed by atoms with Gasteiger partial charge in [-0.3, -0.25) is 4.79 Å². The molecule has 0 aromatic heterocycles. The minimum atomic E-state index is -1.17. The molecule has 3 aromatic carbocycles. The molecule has 7 nitrogen and oxygen atoms in total. The van der Waals surface area contributed by atoms with Gasteiger partial charge in [-0.25, -0.2) is 0 Å². The Labute approximate surface area is 226 Å². The summed E-state index contributed by atoms with van der Waals surface area (Å²) < 4.78 is 12.4. The standard InChI is InChI=1S/C27H21Cl3O7/c1-8-5-11(31)17(28)25-12(8)24-13-9(7-27(4,36-24)37-25)6-10-14(20(13)32)21(33)15-16(26(10,2)3)18(29)23(35)19(30)22(15)34/h5-6,24,31-32,34-35H,7H2,1-4H3/t24-,27+/m0/s1. The molecular formula is C27H21Cl3O7. The zero-order chi connectivity index (χ0) is 26.9. The predicted octanol–water partition coefficient (Wildman–Crippen LogP) is 6.42. The first-order valence-electron chi connectivity index (χ1n) is 11.5. The number of ether oxygens (including phenoxy) is 2. The monoisotopic (exact) mass is 562 g/mol. The van der Waals surface area contributed by atoms with E-state index in [1.54, 1.807) is 27.7 Å². The maximum Gasteiger partial charge on any atom is 0.212 e. The van der Waals surface area contributed by atoms with E-state index >= 15 is 0 Å². The van der Waals surface area contributed by atoms with Gasteiger partial charge in [0.2, 0.25) is 11.6 Å².